The molecule has 1 aliphatic carbocycles. The molecule has 1 saturated carbocycles. The highest BCUT2D eigenvalue weighted by Gasteiger charge is 2.26. The number of hydrogen-bond donors (Lipinski definition) is 2. The van der Waals surface area contributed by atoms with E-state index in [-0.39, 0.29) is 6.04 Å². The smallest absolute Gasteiger partial charge is 0.250 e. The topological polar surface area (TPSA) is 58.2 Å². The fourth-order valence-electron chi connectivity index (χ4n) is 2.99. The molecule has 0 radical (unpaired) electrons. The van der Waals surface area contributed by atoms with Crippen molar-refractivity contribution >= 4 is 21.4 Å². The van der Waals surface area contributed by atoms with Gasteiger partial charge in [0.2, 0.25) is 10.0 Å². The third-order valence-corrected chi connectivity index (χ3v) is 7.57. The Bertz CT molecular complexity index is 560. The van der Waals surface area contributed by atoms with Crippen LogP contribution in [0.1, 0.15) is 49.5 Å². The minimum atomic E-state index is -3.39. The lowest BCUT2D eigenvalue weighted by molar-refractivity contribution is 0.303. The van der Waals surface area contributed by atoms with Gasteiger partial charge in [0.1, 0.15) is 4.21 Å². The molecule has 0 saturated heterocycles. The van der Waals surface area contributed by atoms with Crippen molar-refractivity contribution in [1.82, 2.24) is 10.0 Å². The van der Waals surface area contributed by atoms with Gasteiger partial charge in [0.15, 0.2) is 0 Å². The van der Waals surface area contributed by atoms with Gasteiger partial charge in [-0.3, -0.25) is 0 Å². The van der Waals surface area contributed by atoms with E-state index in [1.165, 1.54) is 30.6 Å². The first-order valence-electron chi connectivity index (χ1n) is 7.70. The molecule has 1 fully saturated rings. The van der Waals surface area contributed by atoms with E-state index in [1.54, 1.807) is 6.07 Å². The molecule has 0 aliphatic heterocycles. The largest absolute Gasteiger partial charge is 0.315 e. The van der Waals surface area contributed by atoms with Crippen LogP contribution in [0.15, 0.2) is 10.3 Å². The molecule has 0 bridgehead atoms. The zero-order chi connectivity index (χ0) is 15.5. The minimum Gasteiger partial charge on any atom is -0.315 e. The van der Waals surface area contributed by atoms with Gasteiger partial charge in [-0.2, -0.15) is 0 Å². The van der Waals surface area contributed by atoms with Crippen LogP contribution in [0.2, 0.25) is 0 Å². The van der Waals surface area contributed by atoms with Crippen molar-refractivity contribution in [1.29, 1.82) is 0 Å². The highest BCUT2D eigenvalue weighted by Crippen LogP contribution is 2.29. The molecule has 2 rings (SSSR count). The van der Waals surface area contributed by atoms with Crippen LogP contribution < -0.4 is 10.0 Å². The lowest BCUT2D eigenvalue weighted by Gasteiger charge is -2.27. The van der Waals surface area contributed by atoms with Crippen LogP contribution in [0.5, 0.6) is 0 Å². The van der Waals surface area contributed by atoms with Gasteiger partial charge in [-0.1, -0.05) is 19.3 Å². The summed E-state index contributed by atoms with van der Waals surface area (Å²) in [6.07, 6.45) is 6.01. The summed E-state index contributed by atoms with van der Waals surface area (Å²) in [6, 6.07) is 1.80. The molecule has 1 aromatic heterocycles. The summed E-state index contributed by atoms with van der Waals surface area (Å²) < 4.78 is 28.4. The summed E-state index contributed by atoms with van der Waals surface area (Å²) in [5.74, 6) is 0.478. The van der Waals surface area contributed by atoms with E-state index >= 15 is 0 Å². The van der Waals surface area contributed by atoms with Crippen LogP contribution >= 0.6 is 11.3 Å². The molecule has 0 spiro atoms. The number of aryl methyl sites for hydroxylation is 1. The van der Waals surface area contributed by atoms with E-state index < -0.39 is 10.0 Å². The Kier molecular flexibility index (Phi) is 5.82. The van der Waals surface area contributed by atoms with Crippen molar-refractivity contribution in [2.75, 3.05) is 7.05 Å². The Morgan fingerprint density at radius 2 is 2.00 bits per heavy atom. The average molecular weight is 331 g/mol. The predicted molar refractivity (Wildman–Crippen MR) is 88.2 cm³/mol. The van der Waals surface area contributed by atoms with Crippen molar-refractivity contribution in [2.45, 2.75) is 62.7 Å². The lowest BCUT2D eigenvalue weighted by atomic mass is 9.85. The van der Waals surface area contributed by atoms with Gasteiger partial charge < -0.3 is 5.32 Å². The zero-order valence-corrected chi connectivity index (χ0v) is 14.7. The SMILES string of the molecule is CNCc1sc(S(=O)(=O)NC(C)C2CCCCC2)cc1C. The maximum absolute atomic E-state index is 12.5. The van der Waals surface area contributed by atoms with E-state index in [1.807, 2.05) is 20.9 Å². The van der Waals surface area contributed by atoms with Crippen LogP contribution in [0, 0.1) is 12.8 Å². The molecule has 6 heteroatoms. The van der Waals surface area contributed by atoms with Crippen molar-refractivity contribution in [3.63, 3.8) is 0 Å². The van der Waals surface area contributed by atoms with Gasteiger partial charge in [0.05, 0.1) is 0 Å². The summed E-state index contributed by atoms with van der Waals surface area (Å²) >= 11 is 1.37. The van der Waals surface area contributed by atoms with Crippen molar-refractivity contribution < 1.29 is 8.42 Å². The molecule has 0 aromatic carbocycles. The molecular weight excluding hydrogens is 304 g/mol. The molecule has 4 nitrogen and oxygen atoms in total. The minimum absolute atomic E-state index is 0.0189. The van der Waals surface area contributed by atoms with Crippen molar-refractivity contribution in [3.05, 3.63) is 16.5 Å². The molecule has 1 aliphatic rings. The molecule has 1 atom stereocenters. The first-order valence-corrected chi connectivity index (χ1v) is 10.00. The Morgan fingerprint density at radius 3 is 2.62 bits per heavy atom. The summed E-state index contributed by atoms with van der Waals surface area (Å²) in [6.45, 7) is 4.68. The Hall–Kier alpha value is -0.430. The van der Waals surface area contributed by atoms with Crippen LogP contribution in [0.4, 0.5) is 0 Å². The van der Waals surface area contributed by atoms with E-state index in [0.717, 1.165) is 23.3 Å². The predicted octanol–water partition coefficient (Wildman–Crippen LogP) is 3.02. The highest BCUT2D eigenvalue weighted by atomic mass is 32.2. The molecular formula is C15H26N2O2S2. The maximum atomic E-state index is 12.5. The zero-order valence-electron chi connectivity index (χ0n) is 13.1. The summed E-state index contributed by atoms with van der Waals surface area (Å²) in [5.41, 5.74) is 1.04. The third kappa shape index (κ3) is 4.28. The molecule has 0 amide bonds. The summed E-state index contributed by atoms with van der Waals surface area (Å²) in [4.78, 5) is 1.09. The second kappa shape index (κ2) is 7.22. The monoisotopic (exact) mass is 330 g/mol. The Balaban J connectivity index is 2.08. The first kappa shape index (κ1) is 16.9. The van der Waals surface area contributed by atoms with E-state index in [2.05, 4.69) is 10.0 Å². The van der Waals surface area contributed by atoms with Crippen molar-refractivity contribution in [3.8, 4) is 0 Å². The van der Waals surface area contributed by atoms with Crippen LogP contribution in [0.3, 0.4) is 0 Å². The molecule has 1 unspecified atom stereocenters. The molecule has 1 aromatic rings. The molecule has 21 heavy (non-hydrogen) atoms. The van der Waals surface area contributed by atoms with Gasteiger partial charge in [-0.05, 0) is 51.3 Å². The fourth-order valence-corrected chi connectivity index (χ4v) is 5.92. The van der Waals surface area contributed by atoms with E-state index in [4.69, 9.17) is 0 Å². The third-order valence-electron chi connectivity index (χ3n) is 4.30. The van der Waals surface area contributed by atoms with Gasteiger partial charge in [-0.15, -0.1) is 11.3 Å². The lowest BCUT2D eigenvalue weighted by Crippen LogP contribution is -2.38. The van der Waals surface area contributed by atoms with Crippen molar-refractivity contribution in [2.24, 2.45) is 5.92 Å². The number of sulfonamides is 1. The average Bonchev–Trinajstić information content (AvgIpc) is 2.82. The summed E-state index contributed by atoms with van der Waals surface area (Å²) in [5, 5.41) is 3.08. The second-order valence-electron chi connectivity index (χ2n) is 6.01. The fraction of sp³-hybridized carbons (Fsp3) is 0.733. The van der Waals surface area contributed by atoms with E-state index in [9.17, 15) is 8.42 Å². The van der Waals surface area contributed by atoms with Crippen LogP contribution in [-0.4, -0.2) is 21.5 Å². The Morgan fingerprint density at radius 1 is 1.33 bits per heavy atom. The molecule has 120 valence electrons. The second-order valence-corrected chi connectivity index (χ2v) is 9.09. The van der Waals surface area contributed by atoms with E-state index in [0.29, 0.717) is 16.7 Å². The number of rotatable bonds is 6. The number of hydrogen-bond acceptors (Lipinski definition) is 4. The van der Waals surface area contributed by atoms with Crippen LogP contribution in [0.25, 0.3) is 0 Å². The van der Waals surface area contributed by atoms with Gasteiger partial charge >= 0.3 is 0 Å². The number of nitrogens with one attached hydrogen (secondary N) is 2. The maximum Gasteiger partial charge on any atom is 0.250 e. The Labute approximate surface area is 132 Å². The standard InChI is InChI=1S/C15H26N2O2S2/c1-11-9-15(20-14(11)10-16-3)21(18,19)17-12(2)13-7-5-4-6-8-13/h9,12-13,16-17H,4-8,10H2,1-3H3. The van der Waals surface area contributed by atoms with Gasteiger partial charge in [0.25, 0.3) is 0 Å². The molecule has 2 N–H and O–H groups in total. The first-order chi connectivity index (χ1) is 9.94. The molecule has 1 heterocycles. The van der Waals surface area contributed by atoms with Gasteiger partial charge in [0, 0.05) is 17.5 Å². The van der Waals surface area contributed by atoms with Gasteiger partial charge in [-0.25, -0.2) is 13.1 Å². The van der Waals surface area contributed by atoms with Crippen LogP contribution in [-0.2, 0) is 16.6 Å². The normalized spacial score (nSPS) is 18.8. The number of thiophene rings is 1. The quantitative estimate of drug-likeness (QED) is 0.843. The highest BCUT2D eigenvalue weighted by molar-refractivity contribution is 7.91. The summed E-state index contributed by atoms with van der Waals surface area (Å²) in [7, 11) is -1.52.